The summed E-state index contributed by atoms with van der Waals surface area (Å²) in [6.45, 7) is 6.17. The van der Waals surface area contributed by atoms with Gasteiger partial charge in [-0.3, -0.25) is 4.79 Å². The maximum atomic E-state index is 11.8. The number of aromatic nitrogens is 2. The minimum absolute atomic E-state index is 0.0654. The first-order chi connectivity index (χ1) is 9.99. The number of amides is 1. The summed E-state index contributed by atoms with van der Waals surface area (Å²) in [6.07, 6.45) is 8.32. The molecule has 0 unspecified atom stereocenters. The molecule has 1 aromatic carbocycles. The molecule has 0 saturated heterocycles. The SMILES string of the molecule is C/C=C/C=C/c1nc2cc3c(cc2[nH]1)C(C)(C)CC(=O)N3. The Hall–Kier alpha value is -2.36. The van der Waals surface area contributed by atoms with Gasteiger partial charge in [-0.05, 0) is 30.7 Å². The van der Waals surface area contributed by atoms with Crippen molar-refractivity contribution in [1.29, 1.82) is 0 Å². The van der Waals surface area contributed by atoms with E-state index in [-0.39, 0.29) is 11.3 Å². The number of benzene rings is 1. The number of allylic oxidation sites excluding steroid dienone is 3. The van der Waals surface area contributed by atoms with Crippen LogP contribution < -0.4 is 5.32 Å². The summed E-state index contributed by atoms with van der Waals surface area (Å²) in [4.78, 5) is 19.6. The van der Waals surface area contributed by atoms with Gasteiger partial charge in [0.15, 0.2) is 0 Å². The number of carbonyl (C=O) groups is 1. The van der Waals surface area contributed by atoms with E-state index < -0.39 is 0 Å². The minimum atomic E-state index is -0.155. The van der Waals surface area contributed by atoms with Gasteiger partial charge in [-0.1, -0.05) is 32.1 Å². The number of H-pyrrole nitrogens is 1. The minimum Gasteiger partial charge on any atom is -0.338 e. The smallest absolute Gasteiger partial charge is 0.225 e. The molecule has 1 aliphatic rings. The van der Waals surface area contributed by atoms with Crippen LogP contribution in [0, 0.1) is 0 Å². The highest BCUT2D eigenvalue weighted by Crippen LogP contribution is 2.38. The zero-order chi connectivity index (χ0) is 15.0. The van der Waals surface area contributed by atoms with E-state index in [4.69, 9.17) is 0 Å². The van der Waals surface area contributed by atoms with Crippen LogP contribution in [0.25, 0.3) is 17.1 Å². The lowest BCUT2D eigenvalue weighted by molar-refractivity contribution is -0.117. The predicted octanol–water partition coefficient (Wildman–Crippen LogP) is 3.77. The first-order valence-electron chi connectivity index (χ1n) is 7.13. The molecule has 4 heteroatoms. The van der Waals surface area contributed by atoms with E-state index in [0.29, 0.717) is 6.42 Å². The molecule has 0 bridgehead atoms. The van der Waals surface area contributed by atoms with Crippen LogP contribution in [-0.4, -0.2) is 15.9 Å². The number of hydrogen-bond donors (Lipinski definition) is 2. The normalized spacial score (nSPS) is 17.6. The monoisotopic (exact) mass is 281 g/mol. The summed E-state index contributed by atoms with van der Waals surface area (Å²) in [5, 5.41) is 2.95. The Morgan fingerprint density at radius 1 is 1.29 bits per heavy atom. The molecule has 0 radical (unpaired) electrons. The van der Waals surface area contributed by atoms with Crippen molar-refractivity contribution in [2.75, 3.05) is 5.32 Å². The average Bonchev–Trinajstić information content (AvgIpc) is 2.78. The first kappa shape index (κ1) is 13.6. The molecule has 0 spiro atoms. The zero-order valence-corrected chi connectivity index (χ0v) is 12.5. The number of rotatable bonds is 2. The molecule has 1 aliphatic heterocycles. The van der Waals surface area contributed by atoms with Gasteiger partial charge in [0.25, 0.3) is 0 Å². The van der Waals surface area contributed by atoms with Gasteiger partial charge in [-0.2, -0.15) is 0 Å². The van der Waals surface area contributed by atoms with E-state index in [1.165, 1.54) is 0 Å². The molecular weight excluding hydrogens is 262 g/mol. The Labute approximate surface area is 124 Å². The Morgan fingerprint density at radius 3 is 2.86 bits per heavy atom. The van der Waals surface area contributed by atoms with Crippen molar-refractivity contribution >= 4 is 28.7 Å². The summed E-state index contributed by atoms with van der Waals surface area (Å²) in [7, 11) is 0. The highest BCUT2D eigenvalue weighted by molar-refractivity contribution is 5.98. The molecule has 1 aromatic heterocycles. The fraction of sp³-hybridized carbons (Fsp3) is 0.294. The average molecular weight is 281 g/mol. The van der Waals surface area contributed by atoms with Crippen molar-refractivity contribution in [1.82, 2.24) is 9.97 Å². The molecule has 0 atom stereocenters. The van der Waals surface area contributed by atoms with Crippen LogP contribution >= 0.6 is 0 Å². The van der Waals surface area contributed by atoms with Crippen molar-refractivity contribution in [3.8, 4) is 0 Å². The summed E-state index contributed by atoms with van der Waals surface area (Å²) in [5.74, 6) is 0.880. The quantitative estimate of drug-likeness (QED) is 0.823. The second kappa shape index (κ2) is 4.88. The number of nitrogens with one attached hydrogen (secondary N) is 2. The number of anilines is 1. The van der Waals surface area contributed by atoms with Gasteiger partial charge < -0.3 is 10.3 Å². The van der Waals surface area contributed by atoms with Crippen LogP contribution in [0.4, 0.5) is 5.69 Å². The number of nitrogens with zero attached hydrogens (tertiary/aromatic N) is 1. The van der Waals surface area contributed by atoms with Crippen molar-refractivity contribution in [3.63, 3.8) is 0 Å². The lowest BCUT2D eigenvalue weighted by Gasteiger charge is -2.31. The van der Waals surface area contributed by atoms with E-state index in [0.717, 1.165) is 28.1 Å². The van der Waals surface area contributed by atoms with Gasteiger partial charge in [0, 0.05) is 17.5 Å². The van der Waals surface area contributed by atoms with Crippen molar-refractivity contribution in [2.45, 2.75) is 32.6 Å². The van der Waals surface area contributed by atoms with E-state index >= 15 is 0 Å². The maximum Gasteiger partial charge on any atom is 0.225 e. The number of fused-ring (bicyclic) bond motifs is 2. The highest BCUT2D eigenvalue weighted by atomic mass is 16.1. The van der Waals surface area contributed by atoms with E-state index in [2.05, 4.69) is 35.2 Å². The van der Waals surface area contributed by atoms with Crippen molar-refractivity contribution in [2.24, 2.45) is 0 Å². The van der Waals surface area contributed by atoms with Gasteiger partial charge in [0.05, 0.1) is 11.0 Å². The highest BCUT2D eigenvalue weighted by Gasteiger charge is 2.32. The zero-order valence-electron chi connectivity index (χ0n) is 12.5. The second-order valence-electron chi connectivity index (χ2n) is 6.03. The standard InChI is InChI=1S/C17H19N3O/c1-4-5-6-7-15-18-13-8-11-12(9-14(13)19-15)20-16(21)10-17(11,2)3/h4-9H,10H2,1-3H3,(H,18,19)(H,20,21)/b5-4+,7-6+. The first-order valence-corrected chi connectivity index (χ1v) is 7.13. The number of aromatic amines is 1. The fourth-order valence-corrected chi connectivity index (χ4v) is 2.77. The predicted molar refractivity (Wildman–Crippen MR) is 86.2 cm³/mol. The molecule has 0 aliphatic carbocycles. The molecule has 21 heavy (non-hydrogen) atoms. The van der Waals surface area contributed by atoms with Crippen LogP contribution in [0.1, 0.15) is 38.6 Å². The van der Waals surface area contributed by atoms with E-state index in [1.807, 2.05) is 37.3 Å². The molecule has 2 heterocycles. The Kier molecular flexibility index (Phi) is 3.16. The molecule has 4 nitrogen and oxygen atoms in total. The number of hydrogen-bond acceptors (Lipinski definition) is 2. The second-order valence-corrected chi connectivity index (χ2v) is 6.03. The Balaban J connectivity index is 2.09. The Morgan fingerprint density at radius 2 is 2.10 bits per heavy atom. The number of carbonyl (C=O) groups excluding carboxylic acids is 1. The van der Waals surface area contributed by atoms with E-state index in [1.54, 1.807) is 0 Å². The van der Waals surface area contributed by atoms with Crippen LogP contribution in [0.15, 0.2) is 30.4 Å². The summed E-state index contributed by atoms with van der Waals surface area (Å²) in [5.41, 5.74) is 3.74. The summed E-state index contributed by atoms with van der Waals surface area (Å²) >= 11 is 0. The third-order valence-corrected chi connectivity index (χ3v) is 3.80. The van der Waals surface area contributed by atoms with Crippen LogP contribution in [0.2, 0.25) is 0 Å². The Bertz CT molecular complexity index is 766. The third kappa shape index (κ3) is 2.49. The van der Waals surface area contributed by atoms with Crippen molar-refractivity contribution < 1.29 is 4.79 Å². The molecule has 2 N–H and O–H groups in total. The fourth-order valence-electron chi connectivity index (χ4n) is 2.77. The van der Waals surface area contributed by atoms with Gasteiger partial charge in [0.2, 0.25) is 5.91 Å². The topological polar surface area (TPSA) is 57.8 Å². The van der Waals surface area contributed by atoms with Gasteiger partial charge >= 0.3 is 0 Å². The molecule has 1 amide bonds. The molecule has 0 fully saturated rings. The van der Waals surface area contributed by atoms with Crippen LogP contribution in [0.3, 0.4) is 0 Å². The lowest BCUT2D eigenvalue weighted by Crippen LogP contribution is -2.32. The maximum absolute atomic E-state index is 11.8. The van der Waals surface area contributed by atoms with Gasteiger partial charge in [-0.15, -0.1) is 0 Å². The molecule has 0 saturated carbocycles. The molecule has 108 valence electrons. The lowest BCUT2D eigenvalue weighted by atomic mass is 9.78. The van der Waals surface area contributed by atoms with Gasteiger partial charge in [0.1, 0.15) is 5.82 Å². The van der Waals surface area contributed by atoms with Crippen LogP contribution in [-0.2, 0) is 10.2 Å². The summed E-state index contributed by atoms with van der Waals surface area (Å²) in [6, 6.07) is 4.05. The third-order valence-electron chi connectivity index (χ3n) is 3.80. The van der Waals surface area contributed by atoms with E-state index in [9.17, 15) is 4.79 Å². The molecular formula is C17H19N3O. The van der Waals surface area contributed by atoms with Gasteiger partial charge in [-0.25, -0.2) is 4.98 Å². The van der Waals surface area contributed by atoms with Crippen LogP contribution in [0.5, 0.6) is 0 Å². The van der Waals surface area contributed by atoms with Crippen molar-refractivity contribution in [3.05, 3.63) is 41.7 Å². The largest absolute Gasteiger partial charge is 0.338 e. The molecule has 3 rings (SSSR count). The summed E-state index contributed by atoms with van der Waals surface area (Å²) < 4.78 is 0. The number of imidazole rings is 1. The molecule has 2 aromatic rings.